The van der Waals surface area contributed by atoms with Crippen molar-refractivity contribution in [1.82, 2.24) is 9.55 Å². The highest BCUT2D eigenvalue weighted by Gasteiger charge is 2.45. The molecule has 0 saturated carbocycles. The number of ether oxygens (including phenoxy) is 2. The maximum atomic E-state index is 13.4. The molecule has 2 aromatic heterocycles. The summed E-state index contributed by atoms with van der Waals surface area (Å²) in [6.45, 7) is 7.93. The van der Waals surface area contributed by atoms with Gasteiger partial charge in [-0.15, -0.1) is 6.58 Å². The van der Waals surface area contributed by atoms with Gasteiger partial charge in [-0.3, -0.25) is 4.79 Å². The number of rotatable bonds is 5. The van der Waals surface area contributed by atoms with E-state index in [4.69, 9.17) is 14.5 Å². The van der Waals surface area contributed by atoms with Gasteiger partial charge in [-0.2, -0.15) is 0 Å². The van der Waals surface area contributed by atoms with E-state index >= 15 is 0 Å². The molecular formula is C26H26N2O5. The summed E-state index contributed by atoms with van der Waals surface area (Å²) in [4.78, 5) is 30.8. The lowest BCUT2D eigenvalue weighted by Gasteiger charge is -2.31. The molecule has 1 atom stereocenters. The average Bonchev–Trinajstić information content (AvgIpc) is 3.19. The molecule has 0 unspecified atom stereocenters. The van der Waals surface area contributed by atoms with Crippen LogP contribution >= 0.6 is 0 Å². The number of methoxy groups -OCH3 is 1. The summed E-state index contributed by atoms with van der Waals surface area (Å²) in [5, 5.41) is 12.1. The predicted octanol–water partition coefficient (Wildman–Crippen LogP) is 3.38. The molecule has 7 heteroatoms. The summed E-state index contributed by atoms with van der Waals surface area (Å²) < 4.78 is 12.5. The van der Waals surface area contributed by atoms with E-state index in [0.29, 0.717) is 35.5 Å². The Hall–Kier alpha value is -3.45. The highest BCUT2D eigenvalue weighted by molar-refractivity contribution is 5.93. The second-order valence-electron chi connectivity index (χ2n) is 8.51. The van der Waals surface area contributed by atoms with Crippen molar-refractivity contribution in [3.8, 4) is 17.1 Å². The lowest BCUT2D eigenvalue weighted by atomic mass is 9.86. The molecule has 0 fully saturated rings. The van der Waals surface area contributed by atoms with Crippen LogP contribution in [0.1, 0.15) is 48.1 Å². The van der Waals surface area contributed by atoms with Gasteiger partial charge in [0, 0.05) is 22.1 Å². The van der Waals surface area contributed by atoms with E-state index < -0.39 is 11.6 Å². The summed E-state index contributed by atoms with van der Waals surface area (Å²) in [6.07, 6.45) is 3.35. The second-order valence-corrected chi connectivity index (χ2v) is 8.51. The van der Waals surface area contributed by atoms with Crippen LogP contribution in [-0.4, -0.2) is 27.7 Å². The van der Waals surface area contributed by atoms with Gasteiger partial charge in [-0.05, 0) is 43.0 Å². The topological polar surface area (TPSA) is 90.7 Å². The molecular weight excluding hydrogens is 420 g/mol. The van der Waals surface area contributed by atoms with Crippen LogP contribution in [0.15, 0.2) is 35.6 Å². The minimum Gasteiger partial charge on any atom is -0.496 e. The number of pyridine rings is 2. The fourth-order valence-corrected chi connectivity index (χ4v) is 5.25. The molecule has 1 N–H and O–H groups in total. The smallest absolute Gasteiger partial charge is 0.343 e. The number of fused-ring (bicyclic) bond motifs is 5. The lowest BCUT2D eigenvalue weighted by molar-refractivity contribution is -0.172. The largest absolute Gasteiger partial charge is 0.496 e. The molecule has 170 valence electrons. The standard InChI is InChI=1S/C26H26N2O5/c1-5-8-15-21(32-4)10-9-19-22(15)14(6-2)16-12-28-20(23(16)27-19)11-18-17(24(28)29)13-33-25(30)26(18,31)7-3/h5,9-11,31H,1,6-8,12-13H2,2-4H3/t26-/m0/s1. The quantitative estimate of drug-likeness (QED) is 0.373. The first-order valence-electron chi connectivity index (χ1n) is 11.2. The van der Waals surface area contributed by atoms with Crippen LogP contribution in [0.2, 0.25) is 0 Å². The molecule has 0 amide bonds. The molecule has 0 bridgehead atoms. The lowest BCUT2D eigenvalue weighted by Crippen LogP contribution is -2.44. The second kappa shape index (κ2) is 7.56. The summed E-state index contributed by atoms with van der Waals surface area (Å²) in [5.74, 6) is 0.0626. The van der Waals surface area contributed by atoms with Crippen LogP contribution in [0, 0.1) is 0 Å². The molecule has 0 spiro atoms. The number of hydrogen-bond acceptors (Lipinski definition) is 6. The van der Waals surface area contributed by atoms with Crippen molar-refractivity contribution in [1.29, 1.82) is 0 Å². The van der Waals surface area contributed by atoms with E-state index in [0.717, 1.165) is 39.8 Å². The first-order chi connectivity index (χ1) is 15.9. The van der Waals surface area contributed by atoms with Crippen LogP contribution in [0.25, 0.3) is 22.3 Å². The van der Waals surface area contributed by atoms with Gasteiger partial charge >= 0.3 is 5.97 Å². The van der Waals surface area contributed by atoms with Gasteiger partial charge in [-0.1, -0.05) is 19.9 Å². The number of allylic oxidation sites excluding steroid dienone is 1. The molecule has 0 radical (unpaired) electrons. The summed E-state index contributed by atoms with van der Waals surface area (Å²) >= 11 is 0. The average molecular weight is 447 g/mol. The van der Waals surface area contributed by atoms with Crippen LogP contribution < -0.4 is 10.3 Å². The van der Waals surface area contributed by atoms with Gasteiger partial charge in [-0.25, -0.2) is 9.78 Å². The highest BCUT2D eigenvalue weighted by Crippen LogP contribution is 2.42. The number of cyclic esters (lactones) is 1. The summed E-state index contributed by atoms with van der Waals surface area (Å²) in [6, 6.07) is 5.58. The van der Waals surface area contributed by atoms with Crippen LogP contribution in [0.5, 0.6) is 5.75 Å². The van der Waals surface area contributed by atoms with Crippen molar-refractivity contribution in [2.45, 2.75) is 51.9 Å². The molecule has 0 saturated heterocycles. The monoisotopic (exact) mass is 446 g/mol. The molecule has 3 aromatic rings. The molecule has 7 nitrogen and oxygen atoms in total. The Morgan fingerprint density at radius 2 is 2.06 bits per heavy atom. The summed E-state index contributed by atoms with van der Waals surface area (Å²) in [7, 11) is 1.65. The highest BCUT2D eigenvalue weighted by atomic mass is 16.6. The van der Waals surface area contributed by atoms with Crippen LogP contribution in [0.4, 0.5) is 0 Å². The van der Waals surface area contributed by atoms with Crippen molar-refractivity contribution < 1.29 is 19.4 Å². The fraction of sp³-hybridized carbons (Fsp3) is 0.346. The molecule has 1 aromatic carbocycles. The van der Waals surface area contributed by atoms with Gasteiger partial charge < -0.3 is 19.1 Å². The van der Waals surface area contributed by atoms with Crippen LogP contribution in [0.3, 0.4) is 0 Å². The van der Waals surface area contributed by atoms with Gasteiger partial charge in [0.2, 0.25) is 0 Å². The number of aliphatic hydroxyl groups is 1. The van der Waals surface area contributed by atoms with Gasteiger partial charge in [0.15, 0.2) is 5.60 Å². The molecule has 33 heavy (non-hydrogen) atoms. The number of benzene rings is 1. The van der Waals surface area contributed by atoms with E-state index in [-0.39, 0.29) is 18.6 Å². The third-order valence-corrected chi connectivity index (χ3v) is 6.96. The summed E-state index contributed by atoms with van der Waals surface area (Å²) in [5.41, 5.74) is 3.83. The molecule has 4 heterocycles. The normalized spacial score (nSPS) is 18.5. The third-order valence-electron chi connectivity index (χ3n) is 6.96. The van der Waals surface area contributed by atoms with Crippen molar-refractivity contribution >= 4 is 16.9 Å². The first-order valence-corrected chi connectivity index (χ1v) is 11.2. The Labute approximate surface area is 191 Å². The Morgan fingerprint density at radius 1 is 1.27 bits per heavy atom. The Bertz CT molecular complexity index is 1400. The third kappa shape index (κ3) is 2.82. The SMILES string of the molecule is C=CCc1c(OC)ccc2nc3c(c(CC)c12)Cn1c-3cc2c(c1=O)COC(=O)[C@]2(O)CC. The Balaban J connectivity index is 1.83. The zero-order valence-electron chi connectivity index (χ0n) is 19.0. The number of hydrogen-bond donors (Lipinski definition) is 1. The fourth-order valence-electron chi connectivity index (χ4n) is 5.25. The maximum absolute atomic E-state index is 13.4. The minimum absolute atomic E-state index is 0.116. The zero-order valence-corrected chi connectivity index (χ0v) is 19.0. The van der Waals surface area contributed by atoms with Gasteiger partial charge in [0.1, 0.15) is 12.4 Å². The number of carbonyl (C=O) groups excluding carboxylic acids is 1. The maximum Gasteiger partial charge on any atom is 0.343 e. The zero-order chi connectivity index (χ0) is 23.5. The van der Waals surface area contributed by atoms with Gasteiger partial charge in [0.05, 0.1) is 36.1 Å². The Morgan fingerprint density at radius 3 is 2.73 bits per heavy atom. The number of nitrogens with zero attached hydrogens (tertiary/aromatic N) is 2. The molecule has 5 rings (SSSR count). The van der Waals surface area contributed by atoms with E-state index in [2.05, 4.69) is 13.5 Å². The number of aryl methyl sites for hydroxylation is 1. The van der Waals surface area contributed by atoms with Crippen LogP contribution in [-0.2, 0) is 41.1 Å². The number of carbonyl (C=O) groups is 1. The van der Waals surface area contributed by atoms with Crippen molar-refractivity contribution in [3.05, 3.63) is 69.0 Å². The van der Waals surface area contributed by atoms with E-state index in [1.165, 1.54) is 0 Å². The Kier molecular flexibility index (Phi) is 4.90. The molecule has 2 aliphatic heterocycles. The van der Waals surface area contributed by atoms with E-state index in [9.17, 15) is 14.7 Å². The minimum atomic E-state index is -1.83. The molecule has 0 aliphatic carbocycles. The van der Waals surface area contributed by atoms with Crippen molar-refractivity contribution in [2.75, 3.05) is 7.11 Å². The number of aromatic nitrogens is 2. The number of esters is 1. The van der Waals surface area contributed by atoms with Gasteiger partial charge in [0.25, 0.3) is 5.56 Å². The van der Waals surface area contributed by atoms with E-state index in [1.807, 2.05) is 18.2 Å². The predicted molar refractivity (Wildman–Crippen MR) is 124 cm³/mol. The first kappa shape index (κ1) is 21.4. The van der Waals surface area contributed by atoms with Crippen molar-refractivity contribution in [2.24, 2.45) is 0 Å². The van der Waals surface area contributed by atoms with E-state index in [1.54, 1.807) is 24.7 Å². The molecule has 2 aliphatic rings. The van der Waals surface area contributed by atoms with Crippen molar-refractivity contribution in [3.63, 3.8) is 0 Å².